The van der Waals surface area contributed by atoms with Crippen LogP contribution in [0.25, 0.3) is 0 Å². The van der Waals surface area contributed by atoms with E-state index >= 15 is 0 Å². The van der Waals surface area contributed by atoms with Crippen molar-refractivity contribution in [2.24, 2.45) is 0 Å². The molecule has 0 atom stereocenters. The van der Waals surface area contributed by atoms with Crippen LogP contribution in [0.1, 0.15) is 5.56 Å². The van der Waals surface area contributed by atoms with Crippen molar-refractivity contribution in [3.8, 4) is 0 Å². The molecule has 0 bridgehead atoms. The monoisotopic (exact) mass is 207 g/mol. The predicted octanol–water partition coefficient (Wildman–Crippen LogP) is 2.25. The molecule has 10 heavy (non-hydrogen) atoms. The van der Waals surface area contributed by atoms with Gasteiger partial charge in [-0.2, -0.15) is 4.39 Å². The Balaban J connectivity index is 3.17. The largest absolute Gasteiger partial charge is 0.228 e. The minimum Gasteiger partial charge on any atom is -0.228 e. The molecule has 0 aliphatic rings. The molecule has 1 heterocycles. The summed E-state index contributed by atoms with van der Waals surface area (Å²) in [5, 5.41) is 0.151. The Kier molecular flexibility index (Phi) is 2.32. The van der Waals surface area contributed by atoms with Crippen LogP contribution in [0.3, 0.4) is 0 Å². The molecule has 1 rings (SSSR count). The third kappa shape index (κ3) is 1.31. The topological polar surface area (TPSA) is 12.9 Å². The summed E-state index contributed by atoms with van der Waals surface area (Å²) in [5.74, 6) is -1.32. The molecule has 0 amide bonds. The molecule has 0 spiro atoms. The van der Waals surface area contributed by atoms with Gasteiger partial charge in [-0.1, -0.05) is 15.9 Å². The number of pyridine rings is 1. The van der Waals surface area contributed by atoms with Gasteiger partial charge in [-0.15, -0.1) is 0 Å². The summed E-state index contributed by atoms with van der Waals surface area (Å²) >= 11 is 2.94. The number of nitrogens with zero attached hydrogens (tertiary/aromatic N) is 1. The van der Waals surface area contributed by atoms with Gasteiger partial charge in [0.05, 0.1) is 5.56 Å². The van der Waals surface area contributed by atoms with Gasteiger partial charge in [-0.3, -0.25) is 0 Å². The third-order valence-electron chi connectivity index (χ3n) is 1.08. The van der Waals surface area contributed by atoms with E-state index in [-0.39, 0.29) is 10.9 Å². The quantitative estimate of drug-likeness (QED) is 0.509. The van der Waals surface area contributed by atoms with Gasteiger partial charge >= 0.3 is 0 Å². The van der Waals surface area contributed by atoms with Gasteiger partial charge in [0, 0.05) is 11.5 Å². The molecule has 0 aliphatic carbocycles. The standard InChI is InChI=1S/C6H4BrF2N/c7-3-4-5(8)1-2-10-6(4)9/h1-2H,3H2. The average molecular weight is 208 g/mol. The minimum absolute atomic E-state index is 0.0255. The first-order valence-electron chi connectivity index (χ1n) is 2.60. The highest BCUT2D eigenvalue weighted by atomic mass is 79.9. The molecule has 0 radical (unpaired) electrons. The van der Waals surface area contributed by atoms with Crippen molar-refractivity contribution in [1.29, 1.82) is 0 Å². The SMILES string of the molecule is Fc1ccnc(F)c1CBr. The first kappa shape index (κ1) is 7.60. The fraction of sp³-hybridized carbons (Fsp3) is 0.167. The first-order chi connectivity index (χ1) is 4.75. The summed E-state index contributed by atoms with van der Waals surface area (Å²) < 4.78 is 25.0. The summed E-state index contributed by atoms with van der Waals surface area (Å²) in [6.45, 7) is 0. The van der Waals surface area contributed by atoms with Crippen LogP contribution < -0.4 is 0 Å². The van der Waals surface area contributed by atoms with Crippen molar-refractivity contribution in [1.82, 2.24) is 4.98 Å². The Morgan fingerprint density at radius 1 is 1.50 bits per heavy atom. The molecule has 1 aromatic heterocycles. The van der Waals surface area contributed by atoms with Crippen molar-refractivity contribution in [2.45, 2.75) is 5.33 Å². The van der Waals surface area contributed by atoms with Gasteiger partial charge in [-0.25, -0.2) is 9.37 Å². The zero-order valence-electron chi connectivity index (χ0n) is 4.94. The van der Waals surface area contributed by atoms with Crippen LogP contribution in [0, 0.1) is 11.8 Å². The van der Waals surface area contributed by atoms with Crippen LogP contribution in [0.15, 0.2) is 12.3 Å². The van der Waals surface area contributed by atoms with Crippen LogP contribution in [-0.4, -0.2) is 4.98 Å². The molecule has 4 heteroatoms. The molecule has 0 saturated heterocycles. The fourth-order valence-electron chi connectivity index (χ4n) is 0.564. The maximum absolute atomic E-state index is 12.5. The minimum atomic E-state index is -0.753. The number of rotatable bonds is 1. The third-order valence-corrected chi connectivity index (χ3v) is 1.64. The maximum atomic E-state index is 12.5. The summed E-state index contributed by atoms with van der Waals surface area (Å²) in [7, 11) is 0. The second kappa shape index (κ2) is 3.05. The Labute approximate surface area is 65.2 Å². The smallest absolute Gasteiger partial charge is 0.219 e. The molecule has 0 N–H and O–H groups in total. The number of hydrogen-bond donors (Lipinski definition) is 0. The zero-order chi connectivity index (χ0) is 7.56. The molecule has 1 aromatic rings. The van der Waals surface area contributed by atoms with Crippen LogP contribution in [0.2, 0.25) is 0 Å². The summed E-state index contributed by atoms with van der Waals surface area (Å²) in [6, 6.07) is 1.12. The van der Waals surface area contributed by atoms with E-state index in [4.69, 9.17) is 0 Å². The van der Waals surface area contributed by atoms with Crippen LogP contribution in [0.4, 0.5) is 8.78 Å². The van der Waals surface area contributed by atoms with Gasteiger partial charge in [0.15, 0.2) is 0 Å². The van der Waals surface area contributed by atoms with E-state index in [1.165, 1.54) is 0 Å². The van der Waals surface area contributed by atoms with Crippen molar-refractivity contribution in [3.63, 3.8) is 0 Å². The van der Waals surface area contributed by atoms with E-state index < -0.39 is 11.8 Å². The molecule has 0 saturated carbocycles. The second-order valence-electron chi connectivity index (χ2n) is 1.70. The molecule has 0 aromatic carbocycles. The zero-order valence-corrected chi connectivity index (χ0v) is 6.53. The molecule has 0 unspecified atom stereocenters. The van der Waals surface area contributed by atoms with Gasteiger partial charge in [-0.05, 0) is 6.07 Å². The normalized spacial score (nSPS) is 9.90. The predicted molar refractivity (Wildman–Crippen MR) is 36.8 cm³/mol. The number of hydrogen-bond acceptors (Lipinski definition) is 1. The van der Waals surface area contributed by atoms with E-state index in [9.17, 15) is 8.78 Å². The number of alkyl halides is 1. The molecule has 0 aliphatic heterocycles. The van der Waals surface area contributed by atoms with Crippen molar-refractivity contribution in [3.05, 3.63) is 29.6 Å². The Bertz CT molecular complexity index is 219. The molecule has 1 nitrogen and oxygen atoms in total. The molecule has 54 valence electrons. The van der Waals surface area contributed by atoms with E-state index in [1.807, 2.05) is 0 Å². The van der Waals surface area contributed by atoms with Crippen molar-refractivity contribution >= 4 is 15.9 Å². The van der Waals surface area contributed by atoms with Crippen LogP contribution >= 0.6 is 15.9 Å². The first-order valence-corrected chi connectivity index (χ1v) is 3.72. The van der Waals surface area contributed by atoms with Gasteiger partial charge < -0.3 is 0 Å². The highest BCUT2D eigenvalue weighted by Crippen LogP contribution is 2.12. The Morgan fingerprint density at radius 2 is 2.20 bits per heavy atom. The molecular formula is C6H4BrF2N. The second-order valence-corrected chi connectivity index (χ2v) is 2.26. The van der Waals surface area contributed by atoms with E-state index in [0.717, 1.165) is 12.3 Å². The van der Waals surface area contributed by atoms with Crippen molar-refractivity contribution in [2.75, 3.05) is 0 Å². The van der Waals surface area contributed by atoms with Crippen LogP contribution in [-0.2, 0) is 5.33 Å². The summed E-state index contributed by atoms with van der Waals surface area (Å²) in [5.41, 5.74) is -0.0255. The summed E-state index contributed by atoms with van der Waals surface area (Å²) in [6.07, 6.45) is 1.09. The maximum Gasteiger partial charge on any atom is 0.219 e. The molecular weight excluding hydrogens is 204 g/mol. The van der Waals surface area contributed by atoms with E-state index in [1.54, 1.807) is 0 Å². The van der Waals surface area contributed by atoms with Crippen LogP contribution in [0.5, 0.6) is 0 Å². The molecule has 0 fully saturated rings. The van der Waals surface area contributed by atoms with Crippen molar-refractivity contribution < 1.29 is 8.78 Å². The lowest BCUT2D eigenvalue weighted by Crippen LogP contribution is -1.93. The number of halogens is 3. The lowest BCUT2D eigenvalue weighted by molar-refractivity contribution is 0.536. The van der Waals surface area contributed by atoms with Gasteiger partial charge in [0.2, 0.25) is 5.95 Å². The van der Waals surface area contributed by atoms with E-state index in [2.05, 4.69) is 20.9 Å². The van der Waals surface area contributed by atoms with E-state index in [0.29, 0.717) is 0 Å². The average Bonchev–Trinajstić information content (AvgIpc) is 1.88. The Morgan fingerprint density at radius 3 is 2.60 bits per heavy atom. The highest BCUT2D eigenvalue weighted by molar-refractivity contribution is 9.08. The Hall–Kier alpha value is -0.510. The fourth-order valence-corrected chi connectivity index (χ4v) is 1.06. The van der Waals surface area contributed by atoms with Gasteiger partial charge in [0.1, 0.15) is 5.82 Å². The lowest BCUT2D eigenvalue weighted by atomic mass is 10.3. The summed E-state index contributed by atoms with van der Waals surface area (Å²) in [4.78, 5) is 3.27. The lowest BCUT2D eigenvalue weighted by Gasteiger charge is -1.96. The van der Waals surface area contributed by atoms with Gasteiger partial charge in [0.25, 0.3) is 0 Å². The number of aromatic nitrogens is 1. The highest BCUT2D eigenvalue weighted by Gasteiger charge is 2.06.